The van der Waals surface area contributed by atoms with Crippen LogP contribution in [0.2, 0.25) is 0 Å². The van der Waals surface area contributed by atoms with Crippen LogP contribution in [-0.4, -0.2) is 41.5 Å². The molecule has 1 aliphatic heterocycles. The van der Waals surface area contributed by atoms with Crippen LogP contribution in [0.4, 0.5) is 5.69 Å². The minimum atomic E-state index is -0.854. The summed E-state index contributed by atoms with van der Waals surface area (Å²) >= 11 is 2.85. The third-order valence-electron chi connectivity index (χ3n) is 7.88. The molecule has 5 rings (SSSR count). The maximum absolute atomic E-state index is 12.4. The van der Waals surface area contributed by atoms with Crippen LogP contribution >= 0.6 is 22.7 Å². The normalized spacial score (nSPS) is 20.7. The molecular formula is C30H34N2O3S2. The molecule has 194 valence electrons. The molecule has 1 amide bonds. The van der Waals surface area contributed by atoms with Crippen molar-refractivity contribution < 1.29 is 14.7 Å². The van der Waals surface area contributed by atoms with Gasteiger partial charge in [0.25, 0.3) is 5.91 Å². The van der Waals surface area contributed by atoms with Crippen molar-refractivity contribution in [3.63, 3.8) is 0 Å². The number of hydrogen-bond acceptors (Lipinski definition) is 5. The van der Waals surface area contributed by atoms with Gasteiger partial charge in [-0.2, -0.15) is 11.3 Å². The fourth-order valence-corrected chi connectivity index (χ4v) is 7.30. The van der Waals surface area contributed by atoms with Gasteiger partial charge in [-0.1, -0.05) is 38.8 Å². The SMILES string of the molecule is CCN1CCC(c2cc(-c3ccc(NC(=O)c4ccsc4)cc3)sc2C(=O)O)=C(C2CCC(C)CC2)C1. The lowest BCUT2D eigenvalue weighted by atomic mass is 9.75. The number of aromatic carboxylic acids is 1. The Morgan fingerprint density at radius 1 is 1.11 bits per heavy atom. The van der Waals surface area contributed by atoms with Gasteiger partial charge in [0.05, 0.1) is 5.56 Å². The number of likely N-dealkylation sites (N-methyl/N-ethyl adjacent to an activating group) is 1. The molecule has 2 N–H and O–H groups in total. The number of benzene rings is 1. The fraction of sp³-hybridized carbons (Fsp3) is 0.400. The highest BCUT2D eigenvalue weighted by molar-refractivity contribution is 7.17. The summed E-state index contributed by atoms with van der Waals surface area (Å²) in [4.78, 5) is 28.6. The van der Waals surface area contributed by atoms with Crippen LogP contribution < -0.4 is 5.32 Å². The van der Waals surface area contributed by atoms with Crippen LogP contribution in [0.3, 0.4) is 0 Å². The standard InChI is InChI=1S/C30H34N2O3S2/c1-3-32-14-12-24(26(17-32)20-6-4-19(2)5-7-20)25-16-27(37-28(25)30(34)35)21-8-10-23(11-9-21)31-29(33)22-13-15-36-18-22/h8-11,13,15-16,18-20H,3-7,12,14,17H2,1-2H3,(H,31,33)(H,34,35). The minimum Gasteiger partial charge on any atom is -0.477 e. The van der Waals surface area contributed by atoms with Crippen LogP contribution in [0.5, 0.6) is 0 Å². The quantitative estimate of drug-likeness (QED) is 0.325. The summed E-state index contributed by atoms with van der Waals surface area (Å²) in [6.45, 7) is 7.51. The fourth-order valence-electron chi connectivity index (χ4n) is 5.64. The van der Waals surface area contributed by atoms with E-state index in [0.717, 1.165) is 53.7 Å². The highest BCUT2D eigenvalue weighted by Crippen LogP contribution is 2.43. The molecule has 0 atom stereocenters. The van der Waals surface area contributed by atoms with Crippen molar-refractivity contribution >= 4 is 45.8 Å². The lowest BCUT2D eigenvalue weighted by molar-refractivity contribution is 0.0701. The van der Waals surface area contributed by atoms with E-state index in [1.807, 2.05) is 35.0 Å². The molecule has 0 saturated heterocycles. The highest BCUT2D eigenvalue weighted by atomic mass is 32.1. The number of nitrogens with one attached hydrogen (secondary N) is 1. The van der Waals surface area contributed by atoms with Gasteiger partial charge in [-0.3, -0.25) is 9.69 Å². The number of rotatable bonds is 7. The number of carboxylic acids is 1. The first kappa shape index (κ1) is 25.9. The molecule has 2 aromatic heterocycles. The Kier molecular flexibility index (Phi) is 7.93. The number of amides is 1. The average molecular weight is 535 g/mol. The van der Waals surface area contributed by atoms with Crippen molar-refractivity contribution in [1.29, 1.82) is 0 Å². The van der Waals surface area contributed by atoms with Crippen LogP contribution in [0.25, 0.3) is 16.0 Å². The summed E-state index contributed by atoms with van der Waals surface area (Å²) in [5, 5.41) is 16.8. The Morgan fingerprint density at radius 2 is 1.86 bits per heavy atom. The van der Waals surface area contributed by atoms with Crippen molar-refractivity contribution in [3.05, 3.63) is 68.7 Å². The summed E-state index contributed by atoms with van der Waals surface area (Å²) in [7, 11) is 0. The number of carbonyl (C=O) groups is 2. The third kappa shape index (κ3) is 5.74. The molecule has 0 radical (unpaired) electrons. The Balaban J connectivity index is 1.45. The van der Waals surface area contributed by atoms with Gasteiger partial charge in [0.2, 0.25) is 0 Å². The minimum absolute atomic E-state index is 0.129. The number of nitrogens with zero attached hydrogens (tertiary/aromatic N) is 1. The number of carbonyl (C=O) groups excluding carboxylic acids is 1. The second-order valence-corrected chi connectivity index (χ2v) is 12.1. The third-order valence-corrected chi connectivity index (χ3v) is 9.73. The second-order valence-electron chi connectivity index (χ2n) is 10.3. The molecule has 1 saturated carbocycles. The topological polar surface area (TPSA) is 69.6 Å². The van der Waals surface area contributed by atoms with Crippen molar-refractivity contribution in [2.45, 2.75) is 46.0 Å². The van der Waals surface area contributed by atoms with Crippen molar-refractivity contribution in [3.8, 4) is 10.4 Å². The largest absolute Gasteiger partial charge is 0.477 e. The zero-order chi connectivity index (χ0) is 25.9. The highest BCUT2D eigenvalue weighted by Gasteiger charge is 2.30. The molecule has 7 heteroatoms. The first-order chi connectivity index (χ1) is 17.9. The number of anilines is 1. The van der Waals surface area contributed by atoms with Crippen molar-refractivity contribution in [2.24, 2.45) is 11.8 Å². The molecular weight excluding hydrogens is 500 g/mol. The first-order valence-corrected chi connectivity index (χ1v) is 14.9. The van der Waals surface area contributed by atoms with Crippen LogP contribution in [-0.2, 0) is 0 Å². The van der Waals surface area contributed by atoms with Gasteiger partial charge in [-0.15, -0.1) is 11.3 Å². The van der Waals surface area contributed by atoms with Gasteiger partial charge in [-0.25, -0.2) is 4.79 Å². The van der Waals surface area contributed by atoms with Crippen molar-refractivity contribution in [1.82, 2.24) is 4.90 Å². The Bertz CT molecular complexity index is 1280. The maximum atomic E-state index is 12.4. The Morgan fingerprint density at radius 3 is 2.51 bits per heavy atom. The predicted octanol–water partition coefficient (Wildman–Crippen LogP) is 7.73. The summed E-state index contributed by atoms with van der Waals surface area (Å²) in [5.41, 5.74) is 5.98. The summed E-state index contributed by atoms with van der Waals surface area (Å²) in [6.07, 6.45) is 5.82. The van der Waals surface area contributed by atoms with E-state index < -0.39 is 5.97 Å². The van der Waals surface area contributed by atoms with Crippen molar-refractivity contribution in [2.75, 3.05) is 25.0 Å². The molecule has 1 fully saturated rings. The number of carboxylic acid groups (broad SMARTS) is 1. The Labute approximate surface area is 226 Å². The molecule has 1 aliphatic carbocycles. The second kappa shape index (κ2) is 11.3. The van der Waals surface area contributed by atoms with E-state index in [-0.39, 0.29) is 5.91 Å². The lowest BCUT2D eigenvalue weighted by Crippen LogP contribution is -2.34. The lowest BCUT2D eigenvalue weighted by Gasteiger charge is -2.36. The van der Waals surface area contributed by atoms with Gasteiger partial charge in [-0.05, 0) is 84.0 Å². The molecule has 0 bridgehead atoms. The van der Waals surface area contributed by atoms with Crippen LogP contribution in [0, 0.1) is 11.8 Å². The molecule has 1 aromatic carbocycles. The first-order valence-electron chi connectivity index (χ1n) is 13.2. The van der Waals surface area contributed by atoms with Gasteiger partial charge >= 0.3 is 5.97 Å². The van der Waals surface area contributed by atoms with E-state index in [9.17, 15) is 14.7 Å². The number of thiophene rings is 2. The molecule has 3 heterocycles. The predicted molar refractivity (Wildman–Crippen MR) is 154 cm³/mol. The summed E-state index contributed by atoms with van der Waals surface area (Å²) in [5.74, 6) is 0.353. The summed E-state index contributed by atoms with van der Waals surface area (Å²) < 4.78 is 0. The zero-order valence-electron chi connectivity index (χ0n) is 21.5. The van der Waals surface area contributed by atoms with Crippen LogP contribution in [0.15, 0.2) is 52.7 Å². The van der Waals surface area contributed by atoms with E-state index in [4.69, 9.17) is 0 Å². The van der Waals surface area contributed by atoms with E-state index in [1.54, 1.807) is 6.07 Å². The molecule has 3 aromatic rings. The molecule has 37 heavy (non-hydrogen) atoms. The molecule has 2 aliphatic rings. The summed E-state index contributed by atoms with van der Waals surface area (Å²) in [6, 6.07) is 11.6. The average Bonchev–Trinajstić information content (AvgIpc) is 3.60. The smallest absolute Gasteiger partial charge is 0.346 e. The van der Waals surface area contributed by atoms with E-state index in [1.165, 1.54) is 59.5 Å². The van der Waals surface area contributed by atoms with Crippen LogP contribution in [0.1, 0.15) is 71.5 Å². The zero-order valence-corrected chi connectivity index (χ0v) is 23.1. The monoisotopic (exact) mass is 534 g/mol. The van der Waals surface area contributed by atoms with E-state index >= 15 is 0 Å². The maximum Gasteiger partial charge on any atom is 0.346 e. The molecule has 5 nitrogen and oxygen atoms in total. The molecule has 0 unspecified atom stereocenters. The number of hydrogen-bond donors (Lipinski definition) is 2. The molecule has 0 spiro atoms. The van der Waals surface area contributed by atoms with E-state index in [2.05, 4.69) is 30.1 Å². The van der Waals surface area contributed by atoms with Gasteiger partial charge in [0.1, 0.15) is 4.88 Å². The van der Waals surface area contributed by atoms with Gasteiger partial charge in [0, 0.05) is 34.6 Å². The Hall–Kier alpha value is -2.74. The van der Waals surface area contributed by atoms with E-state index in [0.29, 0.717) is 16.4 Å². The van der Waals surface area contributed by atoms with Gasteiger partial charge in [0.15, 0.2) is 0 Å². The van der Waals surface area contributed by atoms with Gasteiger partial charge < -0.3 is 10.4 Å².